The van der Waals surface area contributed by atoms with Crippen molar-refractivity contribution >= 4 is 57.3 Å². The van der Waals surface area contributed by atoms with Crippen molar-refractivity contribution in [2.24, 2.45) is 4.99 Å². The van der Waals surface area contributed by atoms with E-state index < -0.39 is 0 Å². The van der Waals surface area contributed by atoms with Crippen LogP contribution in [0.4, 0.5) is 9.52 Å². The van der Waals surface area contributed by atoms with Crippen molar-refractivity contribution < 1.29 is 4.39 Å². The lowest BCUT2D eigenvalue weighted by atomic mass is 10.1. The van der Waals surface area contributed by atoms with Gasteiger partial charge in [0.05, 0.1) is 12.2 Å². The number of halogens is 2. The van der Waals surface area contributed by atoms with Crippen molar-refractivity contribution in [1.29, 1.82) is 0 Å². The number of hydrogen-bond acceptors (Lipinski definition) is 4. The summed E-state index contributed by atoms with van der Waals surface area (Å²) in [5.41, 5.74) is 3.01. The van der Waals surface area contributed by atoms with Gasteiger partial charge in [0, 0.05) is 50.2 Å². The van der Waals surface area contributed by atoms with Crippen molar-refractivity contribution in [2.75, 3.05) is 32.6 Å². The van der Waals surface area contributed by atoms with E-state index in [9.17, 15) is 4.39 Å². The van der Waals surface area contributed by atoms with Crippen LogP contribution in [0.1, 0.15) is 11.3 Å². The second-order valence-electron chi connectivity index (χ2n) is 6.12. The van der Waals surface area contributed by atoms with E-state index in [1.807, 2.05) is 30.6 Å². The molecule has 2 aromatic heterocycles. The number of nitrogens with one attached hydrogen (secondary N) is 3. The van der Waals surface area contributed by atoms with Crippen LogP contribution in [0.3, 0.4) is 0 Å². The number of aromatic nitrogens is 2. The van der Waals surface area contributed by atoms with Crippen LogP contribution in [0.2, 0.25) is 0 Å². The molecule has 9 heteroatoms. The topological polar surface area (TPSA) is 68.3 Å². The van der Waals surface area contributed by atoms with Gasteiger partial charge in [-0.05, 0) is 30.2 Å². The first-order chi connectivity index (χ1) is 12.6. The van der Waals surface area contributed by atoms with Gasteiger partial charge in [-0.15, -0.1) is 35.3 Å². The summed E-state index contributed by atoms with van der Waals surface area (Å²) in [5, 5.41) is 10.5. The van der Waals surface area contributed by atoms with Crippen LogP contribution in [-0.2, 0) is 13.0 Å². The molecular weight excluding hydrogens is 478 g/mol. The molecule has 2 heterocycles. The van der Waals surface area contributed by atoms with Crippen LogP contribution in [0.15, 0.2) is 34.8 Å². The number of guanidine groups is 1. The SMILES string of the molecule is CN=C(NCCc1c[nH]c2ccc(F)cc12)NCc1csc(N(C)C)n1.I. The Bertz CT molecular complexity index is 904. The minimum Gasteiger partial charge on any atom is -0.361 e. The smallest absolute Gasteiger partial charge is 0.191 e. The molecule has 0 saturated heterocycles. The number of nitrogens with zero attached hydrogens (tertiary/aromatic N) is 3. The third kappa shape index (κ3) is 5.55. The Balaban J connectivity index is 0.00000261. The molecule has 3 rings (SSSR count). The first kappa shape index (κ1) is 21.4. The number of fused-ring (bicyclic) bond motifs is 1. The highest BCUT2D eigenvalue weighted by Gasteiger charge is 2.07. The minimum absolute atomic E-state index is 0. The van der Waals surface area contributed by atoms with E-state index in [0.29, 0.717) is 13.1 Å². The lowest BCUT2D eigenvalue weighted by molar-refractivity contribution is 0.629. The number of H-pyrrole nitrogens is 1. The van der Waals surface area contributed by atoms with Crippen molar-refractivity contribution in [3.05, 3.63) is 46.9 Å². The van der Waals surface area contributed by atoms with Gasteiger partial charge < -0.3 is 20.5 Å². The predicted molar refractivity (Wildman–Crippen MR) is 122 cm³/mol. The standard InChI is InChI=1S/C18H23FN6S.HI/c1-20-17(23-10-14-11-26-18(24-14)25(2)3)21-7-6-12-9-22-16-5-4-13(19)8-15(12)16;/h4-5,8-9,11,22H,6-7,10H2,1-3H3,(H2,20,21,23);1H. The van der Waals surface area contributed by atoms with Crippen molar-refractivity contribution in [2.45, 2.75) is 13.0 Å². The molecule has 0 spiro atoms. The molecule has 0 aliphatic rings. The molecule has 0 fully saturated rings. The molecule has 3 aromatic rings. The van der Waals surface area contributed by atoms with Gasteiger partial charge in [-0.2, -0.15) is 0 Å². The Morgan fingerprint density at radius 2 is 2.15 bits per heavy atom. The average molecular weight is 502 g/mol. The minimum atomic E-state index is -0.218. The van der Waals surface area contributed by atoms with Crippen LogP contribution >= 0.6 is 35.3 Å². The molecule has 0 aliphatic heterocycles. The summed E-state index contributed by atoms with van der Waals surface area (Å²) in [6, 6.07) is 4.80. The zero-order valence-corrected chi connectivity index (χ0v) is 18.7. The quantitative estimate of drug-likeness (QED) is 0.275. The van der Waals surface area contributed by atoms with Crippen molar-refractivity contribution in [3.63, 3.8) is 0 Å². The van der Waals surface area contributed by atoms with Crippen LogP contribution in [0.25, 0.3) is 10.9 Å². The molecular formula is C18H24FIN6S. The molecule has 0 atom stereocenters. The fourth-order valence-corrected chi connectivity index (χ4v) is 3.41. The summed E-state index contributed by atoms with van der Waals surface area (Å²) in [6.07, 6.45) is 2.70. The zero-order chi connectivity index (χ0) is 18.5. The number of rotatable bonds is 6. The number of thiazole rings is 1. The summed E-state index contributed by atoms with van der Waals surface area (Å²) in [4.78, 5) is 13.9. The van der Waals surface area contributed by atoms with Gasteiger partial charge >= 0.3 is 0 Å². The second-order valence-corrected chi connectivity index (χ2v) is 6.96. The molecule has 0 saturated carbocycles. The molecule has 0 unspecified atom stereocenters. The fourth-order valence-electron chi connectivity index (χ4n) is 2.65. The van der Waals surface area contributed by atoms with Crippen LogP contribution < -0.4 is 15.5 Å². The molecule has 0 radical (unpaired) electrons. The first-order valence-corrected chi connectivity index (χ1v) is 9.26. The largest absolute Gasteiger partial charge is 0.361 e. The second kappa shape index (κ2) is 9.88. The third-order valence-corrected chi connectivity index (χ3v) is 5.06. The van der Waals surface area contributed by atoms with Gasteiger partial charge in [0.25, 0.3) is 0 Å². The van der Waals surface area contributed by atoms with Gasteiger partial charge in [0.1, 0.15) is 5.82 Å². The molecule has 6 nitrogen and oxygen atoms in total. The van der Waals surface area contributed by atoms with Gasteiger partial charge in [-0.3, -0.25) is 4.99 Å². The molecule has 146 valence electrons. The number of aliphatic imine (C=N–C) groups is 1. The van der Waals surface area contributed by atoms with E-state index in [0.717, 1.165) is 39.7 Å². The average Bonchev–Trinajstić information content (AvgIpc) is 3.25. The van der Waals surface area contributed by atoms with Crippen molar-refractivity contribution in [3.8, 4) is 0 Å². The molecule has 0 amide bonds. The monoisotopic (exact) mass is 502 g/mol. The molecule has 0 bridgehead atoms. The Labute approximate surface area is 179 Å². The predicted octanol–water partition coefficient (Wildman–Crippen LogP) is 3.36. The maximum Gasteiger partial charge on any atom is 0.191 e. The Kier molecular flexibility index (Phi) is 7.84. The third-order valence-electron chi connectivity index (χ3n) is 4.00. The van der Waals surface area contributed by atoms with Crippen molar-refractivity contribution in [1.82, 2.24) is 20.6 Å². The highest BCUT2D eigenvalue weighted by Crippen LogP contribution is 2.19. The van der Waals surface area contributed by atoms with Gasteiger partial charge in [-0.1, -0.05) is 0 Å². The fraction of sp³-hybridized carbons (Fsp3) is 0.333. The number of hydrogen-bond donors (Lipinski definition) is 3. The summed E-state index contributed by atoms with van der Waals surface area (Å²) >= 11 is 1.62. The van der Waals surface area contributed by atoms with E-state index in [4.69, 9.17) is 0 Å². The number of benzene rings is 1. The lowest BCUT2D eigenvalue weighted by Crippen LogP contribution is -2.37. The van der Waals surface area contributed by atoms with Gasteiger partial charge in [-0.25, -0.2) is 9.37 Å². The van der Waals surface area contributed by atoms with Gasteiger partial charge in [0.15, 0.2) is 11.1 Å². The van der Waals surface area contributed by atoms with E-state index in [1.165, 1.54) is 6.07 Å². The molecule has 1 aromatic carbocycles. The van der Waals surface area contributed by atoms with Gasteiger partial charge in [0.2, 0.25) is 0 Å². The Hall–Kier alpha value is -1.88. The lowest BCUT2D eigenvalue weighted by Gasteiger charge is -2.11. The molecule has 0 aliphatic carbocycles. The first-order valence-electron chi connectivity index (χ1n) is 8.38. The Morgan fingerprint density at radius 3 is 2.85 bits per heavy atom. The maximum atomic E-state index is 13.4. The zero-order valence-electron chi connectivity index (χ0n) is 15.5. The number of aromatic amines is 1. The van der Waals surface area contributed by atoms with E-state index >= 15 is 0 Å². The summed E-state index contributed by atoms with van der Waals surface area (Å²) < 4.78 is 13.4. The number of anilines is 1. The molecule has 27 heavy (non-hydrogen) atoms. The van der Waals surface area contributed by atoms with E-state index in [1.54, 1.807) is 30.5 Å². The van der Waals surface area contributed by atoms with Crippen LogP contribution in [0.5, 0.6) is 0 Å². The van der Waals surface area contributed by atoms with Crippen LogP contribution in [0, 0.1) is 5.82 Å². The highest BCUT2D eigenvalue weighted by molar-refractivity contribution is 14.0. The maximum absolute atomic E-state index is 13.4. The Morgan fingerprint density at radius 1 is 1.33 bits per heavy atom. The highest BCUT2D eigenvalue weighted by atomic mass is 127. The summed E-state index contributed by atoms with van der Waals surface area (Å²) in [6.45, 7) is 1.31. The normalized spacial score (nSPS) is 11.3. The van der Waals surface area contributed by atoms with Crippen LogP contribution in [-0.4, -0.2) is 43.6 Å². The molecule has 3 N–H and O–H groups in total. The summed E-state index contributed by atoms with van der Waals surface area (Å²) in [5.74, 6) is 0.500. The summed E-state index contributed by atoms with van der Waals surface area (Å²) in [7, 11) is 5.70. The van der Waals surface area contributed by atoms with E-state index in [-0.39, 0.29) is 29.8 Å². The van der Waals surface area contributed by atoms with E-state index in [2.05, 4.69) is 25.6 Å².